The fraction of sp³-hybridized carbons (Fsp3) is 0.727. The fourth-order valence-corrected chi connectivity index (χ4v) is 3.37. The monoisotopic (exact) mass is 487 g/mol. The van der Waals surface area contributed by atoms with Crippen LogP contribution < -0.4 is 16.0 Å². The molecule has 11 heteroatoms. The van der Waals surface area contributed by atoms with Crippen molar-refractivity contribution in [2.45, 2.75) is 84.2 Å². The Labute approximate surface area is 200 Å². The van der Waals surface area contributed by atoms with Gasteiger partial charge in [0.15, 0.2) is 0 Å². The highest BCUT2D eigenvalue weighted by molar-refractivity contribution is 7.80. The molecule has 5 atom stereocenters. The lowest BCUT2D eigenvalue weighted by atomic mass is 9.96. The van der Waals surface area contributed by atoms with Crippen LogP contribution in [0.4, 0.5) is 0 Å². The van der Waals surface area contributed by atoms with E-state index in [0.717, 1.165) is 0 Å². The molecule has 0 aliphatic carbocycles. The lowest BCUT2D eigenvalue weighted by molar-refractivity contribution is -0.290. The zero-order valence-electron chi connectivity index (χ0n) is 19.9. The van der Waals surface area contributed by atoms with Gasteiger partial charge in [0.05, 0.1) is 25.0 Å². The maximum atomic E-state index is 12.8. The summed E-state index contributed by atoms with van der Waals surface area (Å²) in [6, 6.07) is -2.58. The van der Waals surface area contributed by atoms with E-state index < -0.39 is 60.4 Å². The summed E-state index contributed by atoms with van der Waals surface area (Å²) in [6.07, 6.45) is 1.15. The summed E-state index contributed by atoms with van der Waals surface area (Å²) in [5.41, 5.74) is 0. The van der Waals surface area contributed by atoms with Crippen molar-refractivity contribution >= 4 is 36.3 Å². The largest absolute Gasteiger partial charge is 0.390 e. The summed E-state index contributed by atoms with van der Waals surface area (Å²) >= 11 is 4.12. The quantitative estimate of drug-likeness (QED) is 0.218. The number of nitrogens with one attached hydrogen (secondary N) is 3. The van der Waals surface area contributed by atoms with Gasteiger partial charge < -0.3 is 21.1 Å². The van der Waals surface area contributed by atoms with Gasteiger partial charge >= 0.3 is 5.97 Å². The molecule has 1 rings (SSSR count). The minimum absolute atomic E-state index is 0.208. The van der Waals surface area contributed by atoms with E-state index >= 15 is 0 Å². The number of hydrogen-bond acceptors (Lipinski definition) is 8. The molecular weight excluding hydrogens is 450 g/mol. The highest BCUT2D eigenvalue weighted by Crippen LogP contribution is 2.13. The molecule has 3 amide bonds. The molecule has 1 aliphatic heterocycles. The Bertz CT molecular complexity index is 714. The summed E-state index contributed by atoms with van der Waals surface area (Å²) in [6.45, 7) is 8.60. The van der Waals surface area contributed by atoms with Crippen molar-refractivity contribution in [3.05, 3.63) is 12.2 Å². The van der Waals surface area contributed by atoms with Crippen LogP contribution in [0.5, 0.6) is 0 Å². The van der Waals surface area contributed by atoms with Gasteiger partial charge in [-0.15, -0.1) is 0 Å². The SMILES string of the molecule is CC(C)[C@H]1NC(=O)[C@@H](C)NC(=O)[C@@H](C(C)C)NC(=O)C[C@@H](/C=C/CCS)OOC(=O)C[C@@H]1O. The third kappa shape index (κ3) is 10.1. The smallest absolute Gasteiger partial charge is 0.345 e. The third-order valence-electron chi connectivity index (χ3n) is 5.13. The summed E-state index contributed by atoms with van der Waals surface area (Å²) < 4.78 is 0. The van der Waals surface area contributed by atoms with Crippen LogP contribution in [0, 0.1) is 11.8 Å². The lowest BCUT2D eigenvalue weighted by Crippen LogP contribution is -2.57. The molecule has 1 aliphatic rings. The second-order valence-corrected chi connectivity index (χ2v) is 9.25. The number of carbonyl (C=O) groups is 4. The predicted octanol–water partition coefficient (Wildman–Crippen LogP) is 0.647. The number of amides is 3. The summed E-state index contributed by atoms with van der Waals surface area (Å²) in [5, 5.41) is 18.5. The normalized spacial score (nSPS) is 29.1. The van der Waals surface area contributed by atoms with E-state index in [1.165, 1.54) is 6.92 Å². The number of allylic oxidation sites excluding steroid dienone is 1. The molecule has 1 fully saturated rings. The number of aliphatic hydroxyl groups excluding tert-OH is 1. The topological polar surface area (TPSA) is 143 Å². The highest BCUT2D eigenvalue weighted by atomic mass is 32.1. The van der Waals surface area contributed by atoms with Gasteiger partial charge in [0.2, 0.25) is 17.7 Å². The first-order valence-electron chi connectivity index (χ1n) is 11.2. The van der Waals surface area contributed by atoms with Gasteiger partial charge in [-0.1, -0.05) is 39.8 Å². The predicted molar refractivity (Wildman–Crippen MR) is 125 cm³/mol. The van der Waals surface area contributed by atoms with Crippen molar-refractivity contribution in [3.8, 4) is 0 Å². The van der Waals surface area contributed by atoms with E-state index in [-0.39, 0.29) is 18.3 Å². The minimum Gasteiger partial charge on any atom is -0.390 e. The Morgan fingerprint density at radius 2 is 1.70 bits per heavy atom. The Kier molecular flexibility index (Phi) is 12.5. The van der Waals surface area contributed by atoms with Crippen molar-refractivity contribution in [3.63, 3.8) is 0 Å². The molecule has 1 heterocycles. The van der Waals surface area contributed by atoms with Crippen LogP contribution in [-0.2, 0) is 29.0 Å². The molecule has 188 valence electrons. The van der Waals surface area contributed by atoms with Gasteiger partial charge in [-0.05, 0) is 30.9 Å². The molecule has 0 aromatic heterocycles. The molecule has 1 saturated heterocycles. The molecule has 10 nitrogen and oxygen atoms in total. The van der Waals surface area contributed by atoms with E-state index in [1.54, 1.807) is 39.8 Å². The van der Waals surface area contributed by atoms with Crippen LogP contribution in [0.25, 0.3) is 0 Å². The van der Waals surface area contributed by atoms with Gasteiger partial charge in [-0.25, -0.2) is 4.79 Å². The van der Waals surface area contributed by atoms with E-state index in [4.69, 9.17) is 9.78 Å². The highest BCUT2D eigenvalue weighted by Gasteiger charge is 2.32. The lowest BCUT2D eigenvalue weighted by Gasteiger charge is -2.29. The number of aliphatic hydroxyl groups is 1. The molecule has 0 aromatic carbocycles. The van der Waals surface area contributed by atoms with Crippen molar-refractivity contribution in [1.29, 1.82) is 0 Å². The zero-order chi connectivity index (χ0) is 25.1. The molecule has 0 aromatic rings. The van der Waals surface area contributed by atoms with E-state index in [9.17, 15) is 24.3 Å². The van der Waals surface area contributed by atoms with Crippen LogP contribution >= 0.6 is 12.6 Å². The van der Waals surface area contributed by atoms with Gasteiger partial charge in [-0.2, -0.15) is 17.5 Å². The minimum atomic E-state index is -1.24. The number of carbonyl (C=O) groups excluding carboxylic acids is 4. The van der Waals surface area contributed by atoms with E-state index in [2.05, 4.69) is 28.6 Å². The maximum Gasteiger partial charge on any atom is 0.345 e. The number of hydrogen-bond donors (Lipinski definition) is 5. The van der Waals surface area contributed by atoms with Crippen LogP contribution in [0.2, 0.25) is 0 Å². The molecule has 0 bridgehead atoms. The average Bonchev–Trinajstić information content (AvgIpc) is 2.72. The van der Waals surface area contributed by atoms with Crippen LogP contribution in [0.3, 0.4) is 0 Å². The van der Waals surface area contributed by atoms with Crippen molar-refractivity contribution < 1.29 is 34.1 Å². The zero-order valence-corrected chi connectivity index (χ0v) is 20.8. The first kappa shape index (κ1) is 28.9. The molecule has 0 radical (unpaired) electrons. The average molecular weight is 488 g/mol. The molecule has 0 unspecified atom stereocenters. The van der Waals surface area contributed by atoms with E-state index in [0.29, 0.717) is 12.2 Å². The second-order valence-electron chi connectivity index (χ2n) is 8.80. The first-order valence-corrected chi connectivity index (χ1v) is 11.8. The van der Waals surface area contributed by atoms with Gasteiger partial charge in [0, 0.05) is 0 Å². The van der Waals surface area contributed by atoms with Crippen LogP contribution in [-0.4, -0.2) is 64.9 Å². The summed E-state index contributed by atoms with van der Waals surface area (Å²) in [7, 11) is 0. The first-order chi connectivity index (χ1) is 15.5. The molecule has 0 spiro atoms. The second kappa shape index (κ2) is 14.2. The third-order valence-corrected chi connectivity index (χ3v) is 5.39. The molecule has 0 saturated carbocycles. The maximum absolute atomic E-state index is 12.8. The standard InChI is InChI=1S/C22H37N3O7S/c1-12(2)19-16(26)11-18(28)32-31-15(8-6-7-9-33)10-17(27)24-20(13(3)4)22(30)23-14(5)21(29)25-19/h6,8,12-16,19-20,26,33H,7,9-11H2,1-5H3,(H,23,30)(H,24,27)(H,25,29)/b8-6+/t14-,15-,16+,19-,20-/m1/s1. The van der Waals surface area contributed by atoms with Gasteiger partial charge in [-0.3, -0.25) is 19.3 Å². The van der Waals surface area contributed by atoms with E-state index in [1.807, 2.05) is 0 Å². The number of thiol groups is 1. The molecular formula is C22H37N3O7S. The van der Waals surface area contributed by atoms with Crippen molar-refractivity contribution in [2.24, 2.45) is 11.8 Å². The van der Waals surface area contributed by atoms with Crippen LogP contribution in [0.1, 0.15) is 53.9 Å². The summed E-state index contributed by atoms with van der Waals surface area (Å²) in [4.78, 5) is 60.2. The van der Waals surface area contributed by atoms with Gasteiger partial charge in [0.1, 0.15) is 18.2 Å². The Balaban J connectivity index is 3.18. The summed E-state index contributed by atoms with van der Waals surface area (Å²) in [5.74, 6) is -2.26. The van der Waals surface area contributed by atoms with Crippen molar-refractivity contribution in [2.75, 3.05) is 5.75 Å². The molecule has 33 heavy (non-hydrogen) atoms. The van der Waals surface area contributed by atoms with Gasteiger partial charge in [0.25, 0.3) is 0 Å². The number of rotatable bonds is 5. The fourth-order valence-electron chi connectivity index (χ4n) is 3.22. The van der Waals surface area contributed by atoms with Crippen LogP contribution in [0.15, 0.2) is 12.2 Å². The Hall–Kier alpha value is -2.11. The molecule has 4 N–H and O–H groups in total. The Morgan fingerprint density at radius 1 is 1.03 bits per heavy atom. The Morgan fingerprint density at radius 3 is 2.27 bits per heavy atom. The van der Waals surface area contributed by atoms with Crippen molar-refractivity contribution in [1.82, 2.24) is 16.0 Å².